The van der Waals surface area contributed by atoms with Gasteiger partial charge in [0, 0.05) is 10.9 Å². The van der Waals surface area contributed by atoms with Crippen LogP contribution >= 0.6 is 11.6 Å². The van der Waals surface area contributed by atoms with Crippen LogP contribution in [0.1, 0.15) is 50.1 Å². The highest BCUT2D eigenvalue weighted by Gasteiger charge is 2.26. The van der Waals surface area contributed by atoms with Gasteiger partial charge in [0.2, 0.25) is 5.91 Å². The first-order chi connectivity index (χ1) is 10.1. The monoisotopic (exact) mass is 309 g/mol. The lowest BCUT2D eigenvalue weighted by Gasteiger charge is -2.25. The molecule has 114 valence electrons. The van der Waals surface area contributed by atoms with Crippen LogP contribution in [-0.4, -0.2) is 17.0 Å². The third-order valence-electron chi connectivity index (χ3n) is 3.95. The molecule has 1 unspecified atom stereocenters. The first-order valence-corrected chi connectivity index (χ1v) is 7.72. The number of carboxylic acids is 1. The van der Waals surface area contributed by atoms with Crippen molar-refractivity contribution in [1.29, 1.82) is 0 Å². The maximum Gasteiger partial charge on any atom is 0.305 e. The Morgan fingerprint density at radius 1 is 1.24 bits per heavy atom. The molecule has 1 fully saturated rings. The number of rotatable bonds is 5. The van der Waals surface area contributed by atoms with Crippen molar-refractivity contribution in [3.05, 3.63) is 34.9 Å². The third kappa shape index (κ3) is 4.46. The van der Waals surface area contributed by atoms with E-state index in [2.05, 4.69) is 5.32 Å². The van der Waals surface area contributed by atoms with Gasteiger partial charge in [-0.25, -0.2) is 0 Å². The van der Waals surface area contributed by atoms with E-state index in [4.69, 9.17) is 16.7 Å². The Morgan fingerprint density at radius 3 is 2.52 bits per heavy atom. The number of hydrogen-bond donors (Lipinski definition) is 2. The summed E-state index contributed by atoms with van der Waals surface area (Å²) in [4.78, 5) is 23.4. The molecule has 0 saturated heterocycles. The zero-order chi connectivity index (χ0) is 15.2. The van der Waals surface area contributed by atoms with Crippen molar-refractivity contribution in [1.82, 2.24) is 5.32 Å². The molecule has 0 aromatic heterocycles. The molecule has 5 heteroatoms. The minimum atomic E-state index is -0.955. The van der Waals surface area contributed by atoms with E-state index in [0.717, 1.165) is 25.7 Å². The van der Waals surface area contributed by atoms with Gasteiger partial charge in [-0.2, -0.15) is 0 Å². The second kappa shape index (κ2) is 7.46. The molecule has 1 atom stereocenters. The maximum absolute atomic E-state index is 12.3. The number of carboxylic acid groups (broad SMARTS) is 1. The van der Waals surface area contributed by atoms with E-state index in [1.54, 1.807) is 24.3 Å². The smallest absolute Gasteiger partial charge is 0.305 e. The minimum Gasteiger partial charge on any atom is -0.481 e. The van der Waals surface area contributed by atoms with E-state index in [0.29, 0.717) is 10.6 Å². The number of halogens is 1. The lowest BCUT2D eigenvalue weighted by atomic mass is 9.88. The number of carbonyl (C=O) groups excluding carboxylic acids is 1. The van der Waals surface area contributed by atoms with E-state index < -0.39 is 12.0 Å². The summed E-state index contributed by atoms with van der Waals surface area (Å²) in [5.74, 6) is -1.01. The van der Waals surface area contributed by atoms with Crippen LogP contribution in [0.15, 0.2) is 24.3 Å². The molecule has 0 heterocycles. The average molecular weight is 310 g/mol. The number of hydrogen-bond acceptors (Lipinski definition) is 2. The highest BCUT2D eigenvalue weighted by atomic mass is 35.5. The van der Waals surface area contributed by atoms with Gasteiger partial charge in [-0.3, -0.25) is 9.59 Å². The van der Waals surface area contributed by atoms with Crippen LogP contribution in [0.2, 0.25) is 5.02 Å². The van der Waals surface area contributed by atoms with Gasteiger partial charge in [0.05, 0.1) is 12.5 Å². The number of aliphatic carboxylic acids is 1. The average Bonchev–Trinajstić information content (AvgIpc) is 2.47. The molecule has 0 aliphatic heterocycles. The Labute approximate surface area is 129 Å². The zero-order valence-electron chi connectivity index (χ0n) is 11.8. The fourth-order valence-electron chi connectivity index (χ4n) is 2.83. The van der Waals surface area contributed by atoms with Crippen molar-refractivity contribution in [2.24, 2.45) is 5.92 Å². The Hall–Kier alpha value is -1.55. The van der Waals surface area contributed by atoms with Crippen molar-refractivity contribution in [3.8, 4) is 0 Å². The number of amides is 1. The highest BCUT2D eigenvalue weighted by molar-refractivity contribution is 6.31. The van der Waals surface area contributed by atoms with Gasteiger partial charge in [0.25, 0.3) is 0 Å². The van der Waals surface area contributed by atoms with Crippen molar-refractivity contribution in [2.75, 3.05) is 0 Å². The van der Waals surface area contributed by atoms with E-state index in [9.17, 15) is 9.59 Å². The molecule has 0 radical (unpaired) electrons. The SMILES string of the molecule is O=C(O)CC(NC(=O)C1CCCCC1)c1ccccc1Cl. The molecule has 1 saturated carbocycles. The van der Waals surface area contributed by atoms with E-state index in [1.165, 1.54) is 6.42 Å². The Balaban J connectivity index is 2.11. The molecule has 1 aliphatic carbocycles. The van der Waals surface area contributed by atoms with Gasteiger partial charge in [-0.05, 0) is 24.5 Å². The molecule has 2 rings (SSSR count). The summed E-state index contributed by atoms with van der Waals surface area (Å²) in [7, 11) is 0. The van der Waals surface area contributed by atoms with Crippen LogP contribution in [0.25, 0.3) is 0 Å². The van der Waals surface area contributed by atoms with Gasteiger partial charge in [-0.15, -0.1) is 0 Å². The van der Waals surface area contributed by atoms with Gasteiger partial charge in [0.15, 0.2) is 0 Å². The van der Waals surface area contributed by atoms with Gasteiger partial charge < -0.3 is 10.4 Å². The summed E-state index contributed by atoms with van der Waals surface area (Å²) < 4.78 is 0. The predicted molar refractivity (Wildman–Crippen MR) is 81.2 cm³/mol. The van der Waals surface area contributed by atoms with Crippen LogP contribution in [-0.2, 0) is 9.59 Å². The summed E-state index contributed by atoms with van der Waals surface area (Å²) in [6, 6.07) is 6.47. The second-order valence-electron chi connectivity index (χ2n) is 5.52. The topological polar surface area (TPSA) is 66.4 Å². The zero-order valence-corrected chi connectivity index (χ0v) is 12.6. The largest absolute Gasteiger partial charge is 0.481 e. The van der Waals surface area contributed by atoms with Crippen LogP contribution in [0.4, 0.5) is 0 Å². The third-order valence-corrected chi connectivity index (χ3v) is 4.30. The summed E-state index contributed by atoms with van der Waals surface area (Å²) >= 11 is 6.13. The van der Waals surface area contributed by atoms with Crippen LogP contribution in [0, 0.1) is 5.92 Å². The van der Waals surface area contributed by atoms with E-state index >= 15 is 0 Å². The molecule has 1 aliphatic rings. The van der Waals surface area contributed by atoms with Gasteiger partial charge in [0.1, 0.15) is 0 Å². The molecule has 21 heavy (non-hydrogen) atoms. The van der Waals surface area contributed by atoms with Gasteiger partial charge >= 0.3 is 5.97 Å². The molecule has 1 amide bonds. The summed E-state index contributed by atoms with van der Waals surface area (Å²) in [6.45, 7) is 0. The molecule has 1 aromatic carbocycles. The summed E-state index contributed by atoms with van der Waals surface area (Å²) in [5, 5.41) is 12.4. The summed E-state index contributed by atoms with van der Waals surface area (Å²) in [5.41, 5.74) is 0.658. The van der Waals surface area contributed by atoms with E-state index in [-0.39, 0.29) is 18.2 Å². The lowest BCUT2D eigenvalue weighted by molar-refractivity contribution is -0.138. The Bertz CT molecular complexity index is 512. The molecule has 2 N–H and O–H groups in total. The summed E-state index contributed by atoms with van der Waals surface area (Å²) in [6.07, 6.45) is 4.90. The van der Waals surface area contributed by atoms with Crippen molar-refractivity contribution >= 4 is 23.5 Å². The molecular formula is C16H20ClNO3. The van der Waals surface area contributed by atoms with Crippen LogP contribution < -0.4 is 5.32 Å². The number of nitrogens with one attached hydrogen (secondary N) is 1. The maximum atomic E-state index is 12.3. The number of benzene rings is 1. The Kier molecular flexibility index (Phi) is 5.62. The van der Waals surface area contributed by atoms with Crippen LogP contribution in [0.5, 0.6) is 0 Å². The van der Waals surface area contributed by atoms with E-state index in [1.807, 2.05) is 0 Å². The first kappa shape index (κ1) is 15.8. The number of carbonyl (C=O) groups is 2. The van der Waals surface area contributed by atoms with Crippen molar-refractivity contribution in [3.63, 3.8) is 0 Å². The molecular weight excluding hydrogens is 290 g/mol. The fraction of sp³-hybridized carbons (Fsp3) is 0.500. The molecule has 1 aromatic rings. The van der Waals surface area contributed by atoms with Crippen molar-refractivity contribution in [2.45, 2.75) is 44.6 Å². The molecule has 4 nitrogen and oxygen atoms in total. The minimum absolute atomic E-state index is 0.00228. The standard InChI is InChI=1S/C16H20ClNO3/c17-13-9-5-4-8-12(13)14(10-15(19)20)18-16(21)11-6-2-1-3-7-11/h4-5,8-9,11,14H,1-3,6-7,10H2,(H,18,21)(H,19,20). The fourth-order valence-corrected chi connectivity index (χ4v) is 3.09. The van der Waals surface area contributed by atoms with Gasteiger partial charge in [-0.1, -0.05) is 49.1 Å². The molecule has 0 spiro atoms. The highest BCUT2D eigenvalue weighted by Crippen LogP contribution is 2.28. The van der Waals surface area contributed by atoms with Crippen LogP contribution in [0.3, 0.4) is 0 Å². The Morgan fingerprint density at radius 2 is 1.90 bits per heavy atom. The van der Waals surface area contributed by atoms with Crippen molar-refractivity contribution < 1.29 is 14.7 Å². The quantitative estimate of drug-likeness (QED) is 0.874. The molecule has 0 bridgehead atoms. The second-order valence-corrected chi connectivity index (χ2v) is 5.92. The lowest BCUT2D eigenvalue weighted by Crippen LogP contribution is -2.36. The normalized spacial score (nSPS) is 17.2. The predicted octanol–water partition coefficient (Wildman–Crippen LogP) is 3.55. The first-order valence-electron chi connectivity index (χ1n) is 7.34.